The molecule has 0 bridgehead atoms. The average molecular weight is 318 g/mol. The van der Waals surface area contributed by atoms with E-state index in [2.05, 4.69) is 26.1 Å². The van der Waals surface area contributed by atoms with Gasteiger partial charge in [-0.3, -0.25) is 4.79 Å². The van der Waals surface area contributed by atoms with Gasteiger partial charge in [-0.15, -0.1) is 10.2 Å². The lowest BCUT2D eigenvalue weighted by molar-refractivity contribution is -0.133. The summed E-state index contributed by atoms with van der Waals surface area (Å²) in [5, 5.41) is 17.1. The van der Waals surface area contributed by atoms with Gasteiger partial charge < -0.3 is 14.1 Å². The molecule has 90 valence electrons. The normalized spacial score (nSPS) is 10.7. The molecule has 0 aromatic carbocycles. The van der Waals surface area contributed by atoms with Gasteiger partial charge >= 0.3 is 5.97 Å². The third-order valence-corrected chi connectivity index (χ3v) is 3.64. The van der Waals surface area contributed by atoms with E-state index in [1.165, 1.54) is 6.26 Å². The minimum Gasteiger partial charge on any atom is -0.481 e. The van der Waals surface area contributed by atoms with E-state index in [9.17, 15) is 4.79 Å². The highest BCUT2D eigenvalue weighted by Gasteiger charge is 2.16. The van der Waals surface area contributed by atoms with Crippen molar-refractivity contribution in [3.05, 3.63) is 17.0 Å². The number of carboxylic acid groups (broad SMARTS) is 1. The number of rotatable bonds is 4. The number of nitrogens with zero attached hydrogens (tertiary/aromatic N) is 3. The van der Waals surface area contributed by atoms with Crippen LogP contribution in [0, 0.1) is 0 Å². The van der Waals surface area contributed by atoms with Crippen molar-refractivity contribution in [2.45, 2.75) is 5.16 Å². The van der Waals surface area contributed by atoms with Crippen LogP contribution in [-0.2, 0) is 11.8 Å². The summed E-state index contributed by atoms with van der Waals surface area (Å²) < 4.78 is 7.41. The Kier molecular flexibility index (Phi) is 3.53. The maximum atomic E-state index is 10.5. The smallest absolute Gasteiger partial charge is 0.313 e. The summed E-state index contributed by atoms with van der Waals surface area (Å²) in [7, 11) is 1.78. The third kappa shape index (κ3) is 2.52. The second kappa shape index (κ2) is 4.92. The van der Waals surface area contributed by atoms with Crippen LogP contribution < -0.4 is 0 Å². The second-order valence-electron chi connectivity index (χ2n) is 3.16. The third-order valence-electron chi connectivity index (χ3n) is 2.02. The molecule has 6 nitrogen and oxygen atoms in total. The first kappa shape index (κ1) is 12.2. The molecule has 0 unspecified atom stereocenters. The number of hydrogen-bond donors (Lipinski definition) is 1. The molecule has 17 heavy (non-hydrogen) atoms. The van der Waals surface area contributed by atoms with Crippen LogP contribution in [0.25, 0.3) is 11.4 Å². The Balaban J connectivity index is 2.27. The number of hydrogen-bond acceptors (Lipinski definition) is 5. The Morgan fingerprint density at radius 3 is 3.00 bits per heavy atom. The van der Waals surface area contributed by atoms with Gasteiger partial charge in [0.15, 0.2) is 15.7 Å². The van der Waals surface area contributed by atoms with Crippen LogP contribution in [0.1, 0.15) is 0 Å². The number of thioether (sulfide) groups is 1. The lowest BCUT2D eigenvalue weighted by Crippen LogP contribution is -2.00. The molecular weight excluding hydrogens is 310 g/mol. The fraction of sp³-hybridized carbons (Fsp3) is 0.222. The van der Waals surface area contributed by atoms with E-state index in [4.69, 9.17) is 9.52 Å². The summed E-state index contributed by atoms with van der Waals surface area (Å²) in [6.07, 6.45) is 1.54. The molecule has 0 saturated heterocycles. The highest BCUT2D eigenvalue weighted by molar-refractivity contribution is 9.10. The van der Waals surface area contributed by atoms with Gasteiger partial charge in [0.25, 0.3) is 0 Å². The summed E-state index contributed by atoms with van der Waals surface area (Å²) in [6, 6.07) is 1.76. The maximum Gasteiger partial charge on any atom is 0.313 e. The van der Waals surface area contributed by atoms with Crippen molar-refractivity contribution >= 4 is 33.7 Å². The molecule has 0 fully saturated rings. The molecule has 1 N–H and O–H groups in total. The predicted octanol–water partition coefficient (Wildman–Crippen LogP) is 2.01. The van der Waals surface area contributed by atoms with Gasteiger partial charge in [-0.2, -0.15) is 0 Å². The Labute approximate surface area is 109 Å². The molecule has 0 amide bonds. The van der Waals surface area contributed by atoms with Crippen LogP contribution in [0.2, 0.25) is 0 Å². The van der Waals surface area contributed by atoms with E-state index in [1.54, 1.807) is 17.7 Å². The largest absolute Gasteiger partial charge is 0.481 e. The van der Waals surface area contributed by atoms with Crippen molar-refractivity contribution < 1.29 is 14.3 Å². The van der Waals surface area contributed by atoms with Crippen molar-refractivity contribution in [2.24, 2.45) is 7.05 Å². The van der Waals surface area contributed by atoms with E-state index in [0.717, 1.165) is 17.3 Å². The Hall–Kier alpha value is -1.28. The zero-order valence-corrected chi connectivity index (χ0v) is 11.2. The van der Waals surface area contributed by atoms with Crippen molar-refractivity contribution in [3.63, 3.8) is 0 Å². The Bertz CT molecular complexity index is 551. The quantitative estimate of drug-likeness (QED) is 0.869. The maximum absolute atomic E-state index is 10.5. The number of carboxylic acids is 1. The SMILES string of the molecule is Cn1c(SCC(=O)O)nnc1-c1ccoc1Br. The van der Waals surface area contributed by atoms with Crippen molar-refractivity contribution in [1.82, 2.24) is 14.8 Å². The standard InChI is InChI=1S/C9H8BrN3O3S/c1-13-8(5-2-3-16-7(5)10)11-12-9(13)17-4-6(14)15/h2-3H,4H2,1H3,(H,14,15). The highest BCUT2D eigenvalue weighted by Crippen LogP contribution is 2.29. The van der Waals surface area contributed by atoms with Gasteiger partial charge in [0, 0.05) is 7.05 Å². The van der Waals surface area contributed by atoms with Crippen LogP contribution in [0.4, 0.5) is 0 Å². The zero-order chi connectivity index (χ0) is 12.4. The number of furan rings is 1. The average Bonchev–Trinajstić information content (AvgIpc) is 2.82. The van der Waals surface area contributed by atoms with E-state index in [0.29, 0.717) is 15.7 Å². The van der Waals surface area contributed by atoms with Gasteiger partial charge in [0.1, 0.15) is 0 Å². The monoisotopic (exact) mass is 317 g/mol. The van der Waals surface area contributed by atoms with Crippen LogP contribution in [-0.4, -0.2) is 31.6 Å². The van der Waals surface area contributed by atoms with E-state index in [1.807, 2.05) is 0 Å². The second-order valence-corrected chi connectivity index (χ2v) is 4.82. The fourth-order valence-electron chi connectivity index (χ4n) is 1.25. The van der Waals surface area contributed by atoms with Gasteiger partial charge in [0.2, 0.25) is 0 Å². The minimum absolute atomic E-state index is 0.0431. The van der Waals surface area contributed by atoms with Crippen molar-refractivity contribution in [3.8, 4) is 11.4 Å². The molecule has 0 aliphatic carbocycles. The summed E-state index contributed by atoms with van der Waals surface area (Å²) in [4.78, 5) is 10.5. The van der Waals surface area contributed by atoms with Crippen molar-refractivity contribution in [2.75, 3.05) is 5.75 Å². The molecule has 2 heterocycles. The van der Waals surface area contributed by atoms with Gasteiger partial charge in [0.05, 0.1) is 17.6 Å². The molecule has 0 aliphatic rings. The van der Waals surface area contributed by atoms with E-state index < -0.39 is 5.97 Å². The molecule has 2 aromatic rings. The first-order valence-corrected chi connectivity index (χ1v) is 6.35. The topological polar surface area (TPSA) is 81.2 Å². The molecule has 0 radical (unpaired) electrons. The first-order valence-electron chi connectivity index (χ1n) is 4.57. The Morgan fingerprint density at radius 2 is 2.41 bits per heavy atom. The first-order chi connectivity index (χ1) is 8.09. The molecule has 0 saturated carbocycles. The van der Waals surface area contributed by atoms with Crippen LogP contribution in [0.3, 0.4) is 0 Å². The Morgan fingerprint density at radius 1 is 1.65 bits per heavy atom. The fourth-order valence-corrected chi connectivity index (χ4v) is 2.30. The van der Waals surface area contributed by atoms with Gasteiger partial charge in [-0.05, 0) is 22.0 Å². The van der Waals surface area contributed by atoms with Crippen LogP contribution >= 0.6 is 27.7 Å². The molecule has 8 heteroatoms. The van der Waals surface area contributed by atoms with Gasteiger partial charge in [-0.25, -0.2) is 0 Å². The molecule has 0 spiro atoms. The minimum atomic E-state index is -0.885. The molecule has 2 aromatic heterocycles. The summed E-state index contributed by atoms with van der Waals surface area (Å²) in [5.74, 6) is -0.305. The molecule has 0 atom stereocenters. The number of carbonyl (C=O) groups is 1. The zero-order valence-electron chi connectivity index (χ0n) is 8.75. The summed E-state index contributed by atoms with van der Waals surface area (Å²) >= 11 is 4.38. The van der Waals surface area contributed by atoms with Gasteiger partial charge in [-0.1, -0.05) is 11.8 Å². The van der Waals surface area contributed by atoms with E-state index in [-0.39, 0.29) is 5.75 Å². The van der Waals surface area contributed by atoms with E-state index >= 15 is 0 Å². The lowest BCUT2D eigenvalue weighted by Gasteiger charge is -2.00. The predicted molar refractivity (Wildman–Crippen MR) is 64.8 cm³/mol. The lowest BCUT2D eigenvalue weighted by atomic mass is 10.3. The number of halogens is 1. The summed E-state index contributed by atoms with van der Waals surface area (Å²) in [6.45, 7) is 0. The molecule has 0 aliphatic heterocycles. The van der Waals surface area contributed by atoms with Crippen LogP contribution in [0.5, 0.6) is 0 Å². The van der Waals surface area contributed by atoms with Crippen LogP contribution in [0.15, 0.2) is 26.6 Å². The molecular formula is C9H8BrN3O3S. The number of aromatic nitrogens is 3. The molecule has 2 rings (SSSR count). The number of aliphatic carboxylic acids is 1. The van der Waals surface area contributed by atoms with Crippen molar-refractivity contribution in [1.29, 1.82) is 0 Å². The summed E-state index contributed by atoms with van der Waals surface area (Å²) in [5.41, 5.74) is 0.780. The highest BCUT2D eigenvalue weighted by atomic mass is 79.9.